The number of aliphatic hydroxyl groups excluding tert-OH is 1. The van der Waals surface area contributed by atoms with Gasteiger partial charge in [-0.1, -0.05) is 44.6 Å². The van der Waals surface area contributed by atoms with Gasteiger partial charge in [-0.25, -0.2) is 0 Å². The molecule has 1 aromatic heterocycles. The molecule has 0 bridgehead atoms. The number of aliphatic hydroxyl groups is 1. The summed E-state index contributed by atoms with van der Waals surface area (Å²) in [5.74, 6) is 3.63. The van der Waals surface area contributed by atoms with E-state index in [0.717, 1.165) is 30.6 Å². The lowest BCUT2D eigenvalue weighted by Crippen LogP contribution is -2.49. The number of aromatic nitrogens is 1. The smallest absolute Gasteiger partial charge is 0.0543 e. The number of hydrogen-bond donors (Lipinski definition) is 1. The maximum Gasteiger partial charge on any atom is 0.0543 e. The summed E-state index contributed by atoms with van der Waals surface area (Å²) < 4.78 is 0. The van der Waals surface area contributed by atoms with Gasteiger partial charge in [0.15, 0.2) is 0 Å². The molecule has 2 heteroatoms. The van der Waals surface area contributed by atoms with Crippen molar-refractivity contribution in [2.75, 3.05) is 0 Å². The van der Waals surface area contributed by atoms with Crippen LogP contribution in [0, 0.1) is 40.4 Å². The molecule has 5 rings (SSSR count). The van der Waals surface area contributed by atoms with Gasteiger partial charge in [0.2, 0.25) is 0 Å². The standard InChI is InChI=1S/C28H39NO/c1-19(4-5-20-12-16-29-17-13-20)24-8-9-25-23-7-6-21-18-22(30)10-14-27(21,2)26(23)11-15-28(24,25)3/h4-5,7,12-13,16-17,19,21-22,24-26,30H,6,8-11,14-15,18H2,1-3H3/b5-4+/t19-,21?,22+,24-,25+,26+,27+,28-/m1/s1. The SMILES string of the molecule is C[C@H](/C=C/c1ccncc1)[C@H]1CC[C@H]2C3=CCC4C[C@@H](O)CC[C@]4(C)[C@H]3CC[C@]12C. The molecule has 0 radical (unpaired) electrons. The highest BCUT2D eigenvalue weighted by Crippen LogP contribution is 2.66. The Morgan fingerprint density at radius 1 is 1.03 bits per heavy atom. The summed E-state index contributed by atoms with van der Waals surface area (Å²) in [5, 5.41) is 10.2. The van der Waals surface area contributed by atoms with Gasteiger partial charge in [-0.05, 0) is 109 Å². The van der Waals surface area contributed by atoms with Crippen molar-refractivity contribution in [3.05, 3.63) is 47.8 Å². The Labute approximate surface area is 182 Å². The third-order valence-electron chi connectivity index (χ3n) is 10.1. The summed E-state index contributed by atoms with van der Waals surface area (Å²) in [6.07, 6.45) is 21.0. The molecule has 0 aliphatic heterocycles. The highest BCUT2D eigenvalue weighted by atomic mass is 16.3. The van der Waals surface area contributed by atoms with Crippen molar-refractivity contribution in [3.63, 3.8) is 0 Å². The molecule has 0 amide bonds. The van der Waals surface area contributed by atoms with Crippen LogP contribution >= 0.6 is 0 Å². The van der Waals surface area contributed by atoms with Crippen molar-refractivity contribution in [2.24, 2.45) is 40.4 Å². The fourth-order valence-corrected chi connectivity index (χ4v) is 8.27. The molecule has 4 aliphatic carbocycles. The van der Waals surface area contributed by atoms with E-state index < -0.39 is 0 Å². The summed E-state index contributed by atoms with van der Waals surface area (Å²) in [7, 11) is 0. The highest BCUT2D eigenvalue weighted by Gasteiger charge is 2.57. The molecule has 30 heavy (non-hydrogen) atoms. The molecule has 1 N–H and O–H groups in total. The maximum atomic E-state index is 10.2. The van der Waals surface area contributed by atoms with Crippen molar-refractivity contribution in [3.8, 4) is 0 Å². The zero-order valence-corrected chi connectivity index (χ0v) is 19.1. The first kappa shape index (κ1) is 20.5. The van der Waals surface area contributed by atoms with E-state index in [0.29, 0.717) is 22.7 Å². The quantitative estimate of drug-likeness (QED) is 0.570. The Bertz CT molecular complexity index is 828. The maximum absolute atomic E-state index is 10.2. The van der Waals surface area contributed by atoms with E-state index in [2.05, 4.69) is 56.1 Å². The van der Waals surface area contributed by atoms with Crippen molar-refractivity contribution in [1.82, 2.24) is 4.98 Å². The van der Waals surface area contributed by atoms with Crippen LogP contribution in [0.4, 0.5) is 0 Å². The fourth-order valence-electron chi connectivity index (χ4n) is 8.27. The van der Waals surface area contributed by atoms with Gasteiger partial charge in [-0.15, -0.1) is 0 Å². The number of hydrogen-bond acceptors (Lipinski definition) is 2. The van der Waals surface area contributed by atoms with Gasteiger partial charge >= 0.3 is 0 Å². The Balaban J connectivity index is 1.37. The second-order valence-electron chi connectivity index (χ2n) is 11.4. The number of rotatable bonds is 3. The minimum Gasteiger partial charge on any atom is -0.393 e. The molecule has 0 saturated heterocycles. The van der Waals surface area contributed by atoms with Crippen molar-refractivity contribution < 1.29 is 5.11 Å². The van der Waals surface area contributed by atoms with E-state index in [9.17, 15) is 5.11 Å². The second kappa shape index (κ2) is 7.62. The molecule has 0 aromatic carbocycles. The van der Waals surface area contributed by atoms with Crippen molar-refractivity contribution in [1.29, 1.82) is 0 Å². The highest BCUT2D eigenvalue weighted by molar-refractivity contribution is 5.48. The van der Waals surface area contributed by atoms with Crippen LogP contribution < -0.4 is 0 Å². The normalized spacial score (nSPS) is 44.1. The molecule has 0 spiro atoms. The average Bonchev–Trinajstić information content (AvgIpc) is 3.10. The van der Waals surface area contributed by atoms with E-state index in [1.54, 1.807) is 0 Å². The topological polar surface area (TPSA) is 33.1 Å². The molecule has 1 heterocycles. The van der Waals surface area contributed by atoms with Gasteiger partial charge in [0.1, 0.15) is 0 Å². The zero-order valence-electron chi connectivity index (χ0n) is 19.1. The largest absolute Gasteiger partial charge is 0.393 e. The minimum absolute atomic E-state index is 0.0595. The molecular weight excluding hydrogens is 366 g/mol. The van der Waals surface area contributed by atoms with E-state index in [4.69, 9.17) is 0 Å². The molecule has 1 aromatic rings. The van der Waals surface area contributed by atoms with Gasteiger partial charge in [0, 0.05) is 12.4 Å². The average molecular weight is 406 g/mol. The lowest BCUT2D eigenvalue weighted by molar-refractivity contribution is -0.0414. The van der Waals surface area contributed by atoms with Crippen LogP contribution in [0.1, 0.15) is 77.7 Å². The van der Waals surface area contributed by atoms with Crippen molar-refractivity contribution in [2.45, 2.75) is 78.2 Å². The van der Waals surface area contributed by atoms with Gasteiger partial charge in [-0.2, -0.15) is 0 Å². The van der Waals surface area contributed by atoms with Crippen LogP contribution in [0.25, 0.3) is 6.08 Å². The van der Waals surface area contributed by atoms with Gasteiger partial charge in [-0.3, -0.25) is 4.98 Å². The van der Waals surface area contributed by atoms with Crippen molar-refractivity contribution >= 4 is 6.08 Å². The number of nitrogens with zero attached hydrogens (tertiary/aromatic N) is 1. The second-order valence-corrected chi connectivity index (χ2v) is 11.4. The Hall–Kier alpha value is -1.41. The monoisotopic (exact) mass is 405 g/mol. The van der Waals surface area contributed by atoms with E-state index in [1.165, 1.54) is 44.1 Å². The van der Waals surface area contributed by atoms with Gasteiger partial charge < -0.3 is 5.11 Å². The fraction of sp³-hybridized carbons (Fsp3) is 0.679. The zero-order chi connectivity index (χ0) is 20.9. The Morgan fingerprint density at radius 3 is 2.57 bits per heavy atom. The van der Waals surface area contributed by atoms with Crippen LogP contribution in [0.2, 0.25) is 0 Å². The van der Waals surface area contributed by atoms with E-state index in [1.807, 2.05) is 18.0 Å². The molecule has 1 unspecified atom stereocenters. The summed E-state index contributed by atoms with van der Waals surface area (Å²) in [5.41, 5.74) is 3.96. The Morgan fingerprint density at radius 2 is 1.77 bits per heavy atom. The minimum atomic E-state index is -0.0595. The number of allylic oxidation sites excluding steroid dienone is 3. The van der Waals surface area contributed by atoms with Crippen LogP contribution in [-0.4, -0.2) is 16.2 Å². The summed E-state index contributed by atoms with van der Waals surface area (Å²) >= 11 is 0. The molecule has 4 aliphatic rings. The first-order valence-electron chi connectivity index (χ1n) is 12.4. The number of pyridine rings is 1. The molecular formula is C28H39NO. The molecule has 162 valence electrons. The van der Waals surface area contributed by atoms with Crippen LogP contribution in [0.5, 0.6) is 0 Å². The molecule has 3 saturated carbocycles. The predicted molar refractivity (Wildman–Crippen MR) is 124 cm³/mol. The Kier molecular flexibility index (Phi) is 5.21. The first-order valence-corrected chi connectivity index (χ1v) is 12.4. The van der Waals surface area contributed by atoms with Gasteiger partial charge in [0.25, 0.3) is 0 Å². The summed E-state index contributed by atoms with van der Waals surface area (Å²) in [6, 6.07) is 4.19. The molecule has 8 atom stereocenters. The molecule has 3 fully saturated rings. The summed E-state index contributed by atoms with van der Waals surface area (Å²) in [4.78, 5) is 4.14. The predicted octanol–water partition coefficient (Wildman–Crippen LogP) is 6.67. The van der Waals surface area contributed by atoms with Crippen LogP contribution in [0.3, 0.4) is 0 Å². The third kappa shape index (κ3) is 3.22. The summed E-state index contributed by atoms with van der Waals surface area (Å²) in [6.45, 7) is 7.62. The van der Waals surface area contributed by atoms with Crippen LogP contribution in [-0.2, 0) is 0 Å². The third-order valence-corrected chi connectivity index (χ3v) is 10.1. The van der Waals surface area contributed by atoms with Gasteiger partial charge in [0.05, 0.1) is 6.10 Å². The number of fused-ring (bicyclic) bond motifs is 5. The van der Waals surface area contributed by atoms with E-state index >= 15 is 0 Å². The first-order chi connectivity index (χ1) is 14.4. The lowest BCUT2D eigenvalue weighted by Gasteiger charge is -2.57. The molecule has 2 nitrogen and oxygen atoms in total. The lowest BCUT2D eigenvalue weighted by atomic mass is 9.47. The van der Waals surface area contributed by atoms with E-state index in [-0.39, 0.29) is 6.10 Å². The van der Waals surface area contributed by atoms with Crippen LogP contribution in [0.15, 0.2) is 42.3 Å².